The highest BCUT2D eigenvalue weighted by Gasteiger charge is 2.15. The molecule has 0 amide bonds. The Labute approximate surface area is 96.3 Å². The summed E-state index contributed by atoms with van der Waals surface area (Å²) in [4.78, 5) is 0. The van der Waals surface area contributed by atoms with Gasteiger partial charge in [-0.3, -0.25) is 0 Å². The zero-order valence-electron chi connectivity index (χ0n) is 11.3. The Kier molecular flexibility index (Phi) is 6.71. The molecule has 0 aromatic carbocycles. The van der Waals surface area contributed by atoms with Gasteiger partial charge in [0.15, 0.2) is 0 Å². The first kappa shape index (κ1) is 14.5. The van der Waals surface area contributed by atoms with E-state index < -0.39 is 0 Å². The summed E-state index contributed by atoms with van der Waals surface area (Å²) < 4.78 is 0. The van der Waals surface area contributed by atoms with Gasteiger partial charge < -0.3 is 5.32 Å². The predicted molar refractivity (Wildman–Crippen MR) is 69.9 cm³/mol. The lowest BCUT2D eigenvalue weighted by Crippen LogP contribution is -2.28. The van der Waals surface area contributed by atoms with Crippen molar-refractivity contribution in [1.82, 2.24) is 5.32 Å². The first-order valence-electron chi connectivity index (χ1n) is 6.35. The fourth-order valence-electron chi connectivity index (χ4n) is 1.48. The molecule has 0 rings (SSSR count). The van der Waals surface area contributed by atoms with Crippen LogP contribution in [0.5, 0.6) is 0 Å². The summed E-state index contributed by atoms with van der Waals surface area (Å²) in [5, 5.41) is 3.49. The van der Waals surface area contributed by atoms with E-state index >= 15 is 0 Å². The van der Waals surface area contributed by atoms with Crippen molar-refractivity contribution < 1.29 is 0 Å². The monoisotopic (exact) mass is 211 g/mol. The van der Waals surface area contributed by atoms with Gasteiger partial charge >= 0.3 is 0 Å². The first-order valence-corrected chi connectivity index (χ1v) is 6.35. The van der Waals surface area contributed by atoms with Crippen LogP contribution in [0.15, 0.2) is 12.3 Å². The van der Waals surface area contributed by atoms with E-state index in [0.717, 1.165) is 18.2 Å². The van der Waals surface area contributed by atoms with Gasteiger partial charge in [0.25, 0.3) is 0 Å². The zero-order valence-corrected chi connectivity index (χ0v) is 11.3. The van der Waals surface area contributed by atoms with Crippen LogP contribution in [0.25, 0.3) is 0 Å². The average molecular weight is 211 g/mol. The van der Waals surface area contributed by atoms with Crippen LogP contribution < -0.4 is 5.32 Å². The Morgan fingerprint density at radius 3 is 2.27 bits per heavy atom. The molecule has 0 aliphatic rings. The van der Waals surface area contributed by atoms with E-state index in [0.29, 0.717) is 0 Å². The zero-order chi connectivity index (χ0) is 11.9. The van der Waals surface area contributed by atoms with E-state index in [-0.39, 0.29) is 5.41 Å². The summed E-state index contributed by atoms with van der Waals surface area (Å²) in [5.41, 5.74) is 1.35. The maximum absolute atomic E-state index is 4.10. The largest absolute Gasteiger partial charge is 0.388 e. The molecular weight excluding hydrogens is 182 g/mol. The van der Waals surface area contributed by atoms with E-state index in [2.05, 4.69) is 46.5 Å². The van der Waals surface area contributed by atoms with Gasteiger partial charge in [0.1, 0.15) is 0 Å². The fraction of sp³-hybridized carbons (Fsp3) is 0.857. The third-order valence-corrected chi connectivity index (χ3v) is 3.05. The second-order valence-corrected chi connectivity index (χ2v) is 5.53. The number of rotatable bonds is 7. The molecule has 0 saturated heterocycles. The lowest BCUT2D eigenvalue weighted by atomic mass is 9.92. The molecule has 1 N–H and O–H groups in total. The summed E-state index contributed by atoms with van der Waals surface area (Å²) in [7, 11) is 0. The molecule has 0 radical (unpaired) electrons. The Morgan fingerprint density at radius 1 is 1.27 bits per heavy atom. The van der Waals surface area contributed by atoms with E-state index in [9.17, 15) is 0 Å². The Balaban J connectivity index is 3.85. The highest BCUT2D eigenvalue weighted by atomic mass is 14.9. The number of hydrogen-bond acceptors (Lipinski definition) is 1. The van der Waals surface area contributed by atoms with Gasteiger partial charge in [-0.25, -0.2) is 0 Å². The normalized spacial score (nSPS) is 13.7. The second kappa shape index (κ2) is 6.92. The maximum Gasteiger partial charge on any atom is 0.0172 e. The third-order valence-electron chi connectivity index (χ3n) is 3.05. The van der Waals surface area contributed by atoms with Crippen molar-refractivity contribution >= 4 is 0 Å². The molecule has 1 heteroatoms. The summed E-state index contributed by atoms with van der Waals surface area (Å²) in [5.74, 6) is 0.809. The van der Waals surface area contributed by atoms with Gasteiger partial charge in [0.05, 0.1) is 0 Å². The summed E-state index contributed by atoms with van der Waals surface area (Å²) in [6.07, 6.45) is 5.26. The molecule has 0 saturated carbocycles. The van der Waals surface area contributed by atoms with E-state index in [1.807, 2.05) is 0 Å². The highest BCUT2D eigenvalue weighted by Crippen LogP contribution is 2.21. The van der Waals surface area contributed by atoms with E-state index in [1.54, 1.807) is 0 Å². The van der Waals surface area contributed by atoms with Crippen LogP contribution in [-0.2, 0) is 0 Å². The molecule has 0 heterocycles. The lowest BCUT2D eigenvalue weighted by Gasteiger charge is -2.25. The third kappa shape index (κ3) is 6.59. The summed E-state index contributed by atoms with van der Waals surface area (Å²) in [6.45, 7) is 16.3. The second-order valence-electron chi connectivity index (χ2n) is 5.53. The fourth-order valence-corrected chi connectivity index (χ4v) is 1.48. The SMILES string of the molecule is C=C(NCC(CC)CCCC)C(C)(C)C. The van der Waals surface area contributed by atoms with Crippen LogP contribution in [0.1, 0.15) is 60.3 Å². The van der Waals surface area contributed by atoms with Crippen LogP contribution in [-0.4, -0.2) is 6.54 Å². The highest BCUT2D eigenvalue weighted by molar-refractivity contribution is 5.02. The minimum atomic E-state index is 0.184. The Hall–Kier alpha value is -0.460. The van der Waals surface area contributed by atoms with Crippen molar-refractivity contribution in [2.75, 3.05) is 6.54 Å². The van der Waals surface area contributed by atoms with Crippen molar-refractivity contribution in [3.63, 3.8) is 0 Å². The number of unbranched alkanes of at least 4 members (excludes halogenated alkanes) is 1. The van der Waals surface area contributed by atoms with Gasteiger partial charge in [0, 0.05) is 17.7 Å². The van der Waals surface area contributed by atoms with Gasteiger partial charge in [-0.2, -0.15) is 0 Å². The minimum absolute atomic E-state index is 0.184. The summed E-state index contributed by atoms with van der Waals surface area (Å²) in [6, 6.07) is 0. The number of allylic oxidation sites excluding steroid dienone is 1. The van der Waals surface area contributed by atoms with Gasteiger partial charge in [-0.05, 0) is 12.3 Å². The number of hydrogen-bond donors (Lipinski definition) is 1. The standard InChI is InChI=1S/C14H29N/c1-7-9-10-13(8-2)11-15-12(3)14(4,5)6/h13,15H,3,7-11H2,1-2,4-6H3. The van der Waals surface area contributed by atoms with Crippen LogP contribution >= 0.6 is 0 Å². The van der Waals surface area contributed by atoms with Crippen LogP contribution in [0.2, 0.25) is 0 Å². The van der Waals surface area contributed by atoms with Crippen molar-refractivity contribution in [3.8, 4) is 0 Å². The van der Waals surface area contributed by atoms with Gasteiger partial charge in [-0.15, -0.1) is 0 Å². The molecule has 0 aromatic rings. The predicted octanol–water partition coefficient (Wildman–Crippen LogP) is 4.35. The topological polar surface area (TPSA) is 12.0 Å². The van der Waals surface area contributed by atoms with Crippen LogP contribution in [0, 0.1) is 11.3 Å². The molecule has 1 unspecified atom stereocenters. The van der Waals surface area contributed by atoms with Gasteiger partial charge in [0.2, 0.25) is 0 Å². The molecule has 0 aliphatic heterocycles. The van der Waals surface area contributed by atoms with E-state index in [4.69, 9.17) is 0 Å². The van der Waals surface area contributed by atoms with Crippen LogP contribution in [0.4, 0.5) is 0 Å². The van der Waals surface area contributed by atoms with Crippen molar-refractivity contribution in [2.24, 2.45) is 11.3 Å². The molecular formula is C14H29N. The Morgan fingerprint density at radius 2 is 1.87 bits per heavy atom. The average Bonchev–Trinajstić information content (AvgIpc) is 2.16. The molecule has 0 aromatic heterocycles. The van der Waals surface area contributed by atoms with Crippen LogP contribution in [0.3, 0.4) is 0 Å². The molecule has 0 bridgehead atoms. The molecule has 15 heavy (non-hydrogen) atoms. The minimum Gasteiger partial charge on any atom is -0.388 e. The van der Waals surface area contributed by atoms with Crippen molar-refractivity contribution in [1.29, 1.82) is 0 Å². The Bertz CT molecular complexity index is 176. The quantitative estimate of drug-likeness (QED) is 0.660. The molecule has 1 atom stereocenters. The smallest absolute Gasteiger partial charge is 0.0172 e. The molecule has 0 fully saturated rings. The maximum atomic E-state index is 4.10. The molecule has 0 spiro atoms. The number of nitrogens with one attached hydrogen (secondary N) is 1. The first-order chi connectivity index (χ1) is 6.91. The molecule has 0 aliphatic carbocycles. The molecule has 1 nitrogen and oxygen atoms in total. The summed E-state index contributed by atoms with van der Waals surface area (Å²) >= 11 is 0. The lowest BCUT2D eigenvalue weighted by molar-refractivity contribution is 0.398. The van der Waals surface area contributed by atoms with Gasteiger partial charge in [-0.1, -0.05) is 60.5 Å². The van der Waals surface area contributed by atoms with E-state index in [1.165, 1.54) is 25.7 Å². The molecule has 90 valence electrons. The van der Waals surface area contributed by atoms with Crippen molar-refractivity contribution in [3.05, 3.63) is 12.3 Å². The van der Waals surface area contributed by atoms with Crippen molar-refractivity contribution in [2.45, 2.75) is 60.3 Å².